The number of nitrogens with two attached hydrogens (primary N) is 1. The van der Waals surface area contributed by atoms with Gasteiger partial charge in [-0.25, -0.2) is 9.59 Å². The second kappa shape index (κ2) is 9.43. The highest BCUT2D eigenvalue weighted by atomic mass is 32.2. The van der Waals surface area contributed by atoms with Gasteiger partial charge in [-0.15, -0.1) is 23.1 Å². The van der Waals surface area contributed by atoms with Crippen LogP contribution in [0.25, 0.3) is 0 Å². The molecule has 2 N–H and O–H groups in total. The lowest BCUT2D eigenvalue weighted by atomic mass is 10.1. The molecule has 0 radical (unpaired) electrons. The lowest BCUT2D eigenvalue weighted by molar-refractivity contribution is -0.143. The Hall–Kier alpha value is -2.52. The van der Waals surface area contributed by atoms with E-state index in [9.17, 15) is 14.4 Å². The third-order valence-corrected chi connectivity index (χ3v) is 5.67. The minimum atomic E-state index is -0.711. The number of thiophene rings is 1. The van der Waals surface area contributed by atoms with Gasteiger partial charge in [0.1, 0.15) is 27.3 Å². The molecule has 2 aromatic rings. The molecule has 1 heterocycles. The highest BCUT2D eigenvalue weighted by Crippen LogP contribution is 2.33. The number of carbonyl (C=O) groups is 3. The number of thioether (sulfide) groups is 1. The zero-order chi connectivity index (χ0) is 20.0. The molecule has 1 aromatic heterocycles. The van der Waals surface area contributed by atoms with Gasteiger partial charge >= 0.3 is 17.9 Å². The van der Waals surface area contributed by atoms with Crippen LogP contribution in [-0.2, 0) is 25.6 Å². The first-order valence-corrected chi connectivity index (χ1v) is 9.54. The van der Waals surface area contributed by atoms with E-state index in [1.165, 1.54) is 26.0 Å². The summed E-state index contributed by atoms with van der Waals surface area (Å²) < 4.78 is 14.7. The van der Waals surface area contributed by atoms with Crippen LogP contribution in [0.4, 0.5) is 5.00 Å². The Morgan fingerprint density at radius 2 is 1.74 bits per heavy atom. The second-order valence-electron chi connectivity index (χ2n) is 5.31. The van der Waals surface area contributed by atoms with Crippen LogP contribution in [0.5, 0.6) is 0 Å². The van der Waals surface area contributed by atoms with E-state index in [1.54, 1.807) is 6.92 Å². The molecular formula is C18H19NO6S2. The van der Waals surface area contributed by atoms with Crippen LogP contribution in [0, 0.1) is 0 Å². The van der Waals surface area contributed by atoms with E-state index in [0.29, 0.717) is 0 Å². The monoisotopic (exact) mass is 409 g/mol. The smallest absolute Gasteiger partial charge is 0.348 e. The predicted octanol–water partition coefficient (Wildman–Crippen LogP) is 3.13. The molecule has 2 rings (SSSR count). The van der Waals surface area contributed by atoms with Gasteiger partial charge < -0.3 is 19.9 Å². The van der Waals surface area contributed by atoms with Crippen molar-refractivity contribution in [2.24, 2.45) is 0 Å². The normalized spacial score (nSPS) is 11.5. The summed E-state index contributed by atoms with van der Waals surface area (Å²) in [6.07, 6.45) is 0. The maximum atomic E-state index is 12.3. The van der Waals surface area contributed by atoms with Crippen molar-refractivity contribution in [2.45, 2.75) is 23.7 Å². The maximum absolute atomic E-state index is 12.3. The summed E-state index contributed by atoms with van der Waals surface area (Å²) >= 11 is 2.23. The fraction of sp³-hybridized carbons (Fsp3) is 0.278. The Labute approximate surface area is 164 Å². The average Bonchev–Trinajstić information content (AvgIpc) is 3.01. The molecular weight excluding hydrogens is 390 g/mol. The first-order valence-electron chi connectivity index (χ1n) is 7.85. The molecule has 0 amide bonds. The molecule has 0 bridgehead atoms. The fourth-order valence-corrected chi connectivity index (χ4v) is 4.08. The highest BCUT2D eigenvalue weighted by molar-refractivity contribution is 8.00. The molecule has 0 aliphatic carbocycles. The molecule has 0 fully saturated rings. The first-order chi connectivity index (χ1) is 12.9. The SMILES string of the molecule is COC(=O)c1sc(N)c(C(=O)OC)c1COC(=O)[C@H](C)Sc1ccccc1. The van der Waals surface area contributed by atoms with Gasteiger partial charge in [-0.2, -0.15) is 0 Å². The topological polar surface area (TPSA) is 105 Å². The van der Waals surface area contributed by atoms with Crippen LogP contribution < -0.4 is 5.73 Å². The Kier molecular flexibility index (Phi) is 7.26. The standard InChI is InChI=1S/C18H19NO6S2/c1-10(26-11-7-5-4-6-8-11)16(20)25-9-12-13(17(21)23-2)15(19)27-14(12)18(22)24-3/h4-8,10H,9,19H2,1-3H3/t10-/m0/s1. The summed E-state index contributed by atoms with van der Waals surface area (Å²) in [5.41, 5.74) is 6.04. The van der Waals surface area contributed by atoms with E-state index in [-0.39, 0.29) is 27.6 Å². The molecule has 1 atom stereocenters. The summed E-state index contributed by atoms with van der Waals surface area (Å²) in [6, 6.07) is 9.41. The van der Waals surface area contributed by atoms with Gasteiger partial charge in [0.15, 0.2) is 0 Å². The summed E-state index contributed by atoms with van der Waals surface area (Å²) in [4.78, 5) is 37.3. The van der Waals surface area contributed by atoms with Crippen molar-refractivity contribution in [3.63, 3.8) is 0 Å². The highest BCUT2D eigenvalue weighted by Gasteiger charge is 2.28. The zero-order valence-corrected chi connectivity index (χ0v) is 16.6. The summed E-state index contributed by atoms with van der Waals surface area (Å²) in [5, 5.41) is -0.383. The number of ether oxygens (including phenoxy) is 3. The first kappa shape index (κ1) is 20.8. The molecule has 27 heavy (non-hydrogen) atoms. The van der Waals surface area contributed by atoms with Gasteiger partial charge in [-0.1, -0.05) is 18.2 Å². The number of carbonyl (C=O) groups excluding carboxylic acids is 3. The minimum Gasteiger partial charge on any atom is -0.465 e. The second-order valence-corrected chi connectivity index (χ2v) is 7.78. The largest absolute Gasteiger partial charge is 0.465 e. The van der Waals surface area contributed by atoms with Gasteiger partial charge in [0.25, 0.3) is 0 Å². The zero-order valence-electron chi connectivity index (χ0n) is 15.0. The molecule has 0 spiro atoms. The van der Waals surface area contributed by atoms with Crippen LogP contribution in [0.15, 0.2) is 35.2 Å². The number of benzene rings is 1. The van der Waals surface area contributed by atoms with Crippen molar-refractivity contribution in [1.29, 1.82) is 0 Å². The van der Waals surface area contributed by atoms with Crippen molar-refractivity contribution >= 4 is 46.0 Å². The van der Waals surface area contributed by atoms with Crippen LogP contribution in [0.1, 0.15) is 32.5 Å². The third-order valence-electron chi connectivity index (χ3n) is 3.54. The van der Waals surface area contributed by atoms with Gasteiger partial charge in [-0.3, -0.25) is 4.79 Å². The van der Waals surface area contributed by atoms with E-state index in [2.05, 4.69) is 0 Å². The Morgan fingerprint density at radius 1 is 1.11 bits per heavy atom. The van der Waals surface area contributed by atoms with E-state index >= 15 is 0 Å². The van der Waals surface area contributed by atoms with Gasteiger partial charge in [0.05, 0.1) is 14.2 Å². The molecule has 0 unspecified atom stereocenters. The number of nitrogen functional groups attached to an aromatic ring is 1. The Bertz CT molecular complexity index is 834. The minimum absolute atomic E-state index is 0.0130. The van der Waals surface area contributed by atoms with E-state index in [0.717, 1.165) is 16.2 Å². The molecule has 144 valence electrons. The lowest BCUT2D eigenvalue weighted by Gasteiger charge is -2.12. The predicted molar refractivity (Wildman–Crippen MR) is 103 cm³/mol. The summed E-state index contributed by atoms with van der Waals surface area (Å²) in [6.45, 7) is 1.42. The molecule has 0 aliphatic rings. The number of anilines is 1. The van der Waals surface area contributed by atoms with Crippen molar-refractivity contribution in [3.05, 3.63) is 46.3 Å². The number of esters is 3. The van der Waals surface area contributed by atoms with E-state index in [1.807, 2.05) is 30.3 Å². The van der Waals surface area contributed by atoms with Crippen molar-refractivity contribution in [2.75, 3.05) is 20.0 Å². The van der Waals surface area contributed by atoms with Crippen LogP contribution >= 0.6 is 23.1 Å². The van der Waals surface area contributed by atoms with Crippen molar-refractivity contribution in [1.82, 2.24) is 0 Å². The van der Waals surface area contributed by atoms with Crippen LogP contribution in [-0.4, -0.2) is 37.4 Å². The van der Waals surface area contributed by atoms with E-state index < -0.39 is 23.2 Å². The fourth-order valence-electron chi connectivity index (χ4n) is 2.22. The number of rotatable bonds is 7. The van der Waals surface area contributed by atoms with Crippen molar-refractivity contribution in [3.8, 4) is 0 Å². The van der Waals surface area contributed by atoms with Gasteiger partial charge in [0, 0.05) is 10.5 Å². The van der Waals surface area contributed by atoms with Crippen LogP contribution in [0.3, 0.4) is 0 Å². The quantitative estimate of drug-likeness (QED) is 0.422. The number of hydrogen-bond donors (Lipinski definition) is 1. The average molecular weight is 409 g/mol. The maximum Gasteiger partial charge on any atom is 0.348 e. The molecule has 0 aliphatic heterocycles. The Morgan fingerprint density at radius 3 is 2.33 bits per heavy atom. The number of hydrogen-bond acceptors (Lipinski definition) is 9. The Balaban J connectivity index is 2.16. The summed E-state index contributed by atoms with van der Waals surface area (Å²) in [7, 11) is 2.41. The van der Waals surface area contributed by atoms with E-state index in [4.69, 9.17) is 19.9 Å². The lowest BCUT2D eigenvalue weighted by Crippen LogP contribution is -2.18. The molecule has 1 aromatic carbocycles. The van der Waals surface area contributed by atoms with Crippen LogP contribution in [0.2, 0.25) is 0 Å². The van der Waals surface area contributed by atoms with Gasteiger partial charge in [0.2, 0.25) is 0 Å². The molecule has 0 saturated heterocycles. The van der Waals surface area contributed by atoms with Crippen molar-refractivity contribution < 1.29 is 28.6 Å². The summed E-state index contributed by atoms with van der Waals surface area (Å²) in [5.74, 6) is -1.86. The molecule has 0 saturated carbocycles. The number of methoxy groups -OCH3 is 2. The molecule has 9 heteroatoms. The molecule has 7 nitrogen and oxygen atoms in total. The third kappa shape index (κ3) is 5.01. The van der Waals surface area contributed by atoms with Gasteiger partial charge in [-0.05, 0) is 19.1 Å².